The number of benzene rings is 4. The van der Waals surface area contributed by atoms with Gasteiger partial charge in [0.1, 0.15) is 5.82 Å². The Balaban J connectivity index is 1.59. The second-order valence-corrected chi connectivity index (χ2v) is 11.5. The van der Waals surface area contributed by atoms with E-state index in [0.717, 1.165) is 17.0 Å². The summed E-state index contributed by atoms with van der Waals surface area (Å²) in [5, 5.41) is 11.8. The first kappa shape index (κ1) is 28.2. The fraction of sp³-hybridized carbons (Fsp3) is 0.0741. The molecule has 0 radical (unpaired) electrons. The summed E-state index contributed by atoms with van der Waals surface area (Å²) in [6.07, 6.45) is 0. The number of hydrogen-bond donors (Lipinski definition) is 1. The number of hydrazine groups is 1. The third-order valence-corrected chi connectivity index (χ3v) is 8.39. The van der Waals surface area contributed by atoms with E-state index in [2.05, 4.69) is 5.43 Å². The number of carbonyl (C=O) groups is 1. The molecule has 0 aliphatic carbocycles. The summed E-state index contributed by atoms with van der Waals surface area (Å²) >= 11 is 7.33. The fourth-order valence-corrected chi connectivity index (χ4v) is 5.74. The monoisotopic (exact) mass is 585 g/mol. The van der Waals surface area contributed by atoms with E-state index in [1.807, 2.05) is 12.1 Å². The standard InChI is InChI=1S/C27H21ClFN3O5S2/c28-22-10-14-25(15-11-22)38-17-16-30-31(39(36,37)26-3-1-2-24(18-26)32(34)35)27(33)21-6-4-19(5-7-21)20-8-12-23(29)13-9-20/h1-15,18,30H,16-17H2. The maximum Gasteiger partial charge on any atom is 0.282 e. The van der Waals surface area contributed by atoms with Crippen LogP contribution in [0, 0.1) is 15.9 Å². The zero-order chi connectivity index (χ0) is 28.0. The minimum absolute atomic E-state index is 0.0627. The summed E-state index contributed by atoms with van der Waals surface area (Å²) in [5.74, 6) is -0.851. The summed E-state index contributed by atoms with van der Waals surface area (Å²) < 4.78 is 40.8. The van der Waals surface area contributed by atoms with Crippen LogP contribution in [0.3, 0.4) is 0 Å². The molecule has 39 heavy (non-hydrogen) atoms. The van der Waals surface area contributed by atoms with Crippen molar-refractivity contribution in [3.8, 4) is 11.1 Å². The molecule has 0 spiro atoms. The van der Waals surface area contributed by atoms with Gasteiger partial charge in [-0.1, -0.05) is 41.9 Å². The van der Waals surface area contributed by atoms with Crippen molar-refractivity contribution in [1.82, 2.24) is 9.84 Å². The number of sulfonamides is 1. The fourth-order valence-electron chi connectivity index (χ4n) is 3.54. The van der Waals surface area contributed by atoms with Crippen LogP contribution < -0.4 is 5.43 Å². The Bertz CT molecular complexity index is 1580. The first-order valence-corrected chi connectivity index (χ1v) is 14.3. The Labute approximate surface area is 233 Å². The van der Waals surface area contributed by atoms with Gasteiger partial charge >= 0.3 is 0 Å². The van der Waals surface area contributed by atoms with Gasteiger partial charge in [0.15, 0.2) is 0 Å². The Morgan fingerprint density at radius 1 is 0.949 bits per heavy atom. The molecule has 0 unspecified atom stereocenters. The molecule has 4 aromatic rings. The van der Waals surface area contributed by atoms with Gasteiger partial charge in [0.05, 0.1) is 9.82 Å². The number of amides is 1. The van der Waals surface area contributed by atoms with E-state index in [-0.39, 0.29) is 17.9 Å². The van der Waals surface area contributed by atoms with Crippen LogP contribution in [-0.2, 0) is 10.0 Å². The molecule has 0 aliphatic heterocycles. The van der Waals surface area contributed by atoms with Crippen molar-refractivity contribution in [1.29, 1.82) is 0 Å². The van der Waals surface area contributed by atoms with Crippen LogP contribution in [0.5, 0.6) is 0 Å². The highest BCUT2D eigenvalue weighted by molar-refractivity contribution is 7.99. The highest BCUT2D eigenvalue weighted by Gasteiger charge is 2.31. The number of carbonyl (C=O) groups excluding carboxylic acids is 1. The lowest BCUT2D eigenvalue weighted by Crippen LogP contribution is -2.47. The third kappa shape index (κ3) is 7.01. The van der Waals surface area contributed by atoms with Crippen LogP contribution in [0.2, 0.25) is 5.02 Å². The molecule has 4 aromatic carbocycles. The third-order valence-electron chi connectivity index (χ3n) is 5.50. The van der Waals surface area contributed by atoms with Crippen LogP contribution in [0.1, 0.15) is 10.4 Å². The molecule has 0 atom stereocenters. The van der Waals surface area contributed by atoms with Gasteiger partial charge in [-0.25, -0.2) is 9.82 Å². The van der Waals surface area contributed by atoms with Gasteiger partial charge in [0, 0.05) is 39.9 Å². The molecule has 0 bridgehead atoms. The quantitative estimate of drug-likeness (QED) is 0.102. The summed E-state index contributed by atoms with van der Waals surface area (Å²) in [7, 11) is -4.52. The number of non-ortho nitro benzene ring substituents is 1. The van der Waals surface area contributed by atoms with E-state index >= 15 is 0 Å². The molecular formula is C27H21ClFN3O5S2. The topological polar surface area (TPSA) is 110 Å². The second kappa shape index (κ2) is 12.4. The minimum atomic E-state index is -4.52. The van der Waals surface area contributed by atoms with Gasteiger partial charge in [0.2, 0.25) is 0 Å². The maximum atomic E-state index is 13.5. The number of thioether (sulfide) groups is 1. The lowest BCUT2D eigenvalue weighted by Gasteiger charge is -2.23. The highest BCUT2D eigenvalue weighted by Crippen LogP contribution is 2.25. The van der Waals surface area contributed by atoms with Gasteiger partial charge < -0.3 is 0 Å². The minimum Gasteiger partial charge on any atom is -0.266 e. The summed E-state index contributed by atoms with van der Waals surface area (Å²) in [6.45, 7) is 0.0842. The molecule has 0 aromatic heterocycles. The first-order valence-electron chi connectivity index (χ1n) is 11.5. The zero-order valence-corrected chi connectivity index (χ0v) is 22.5. The van der Waals surface area contributed by atoms with Crippen molar-refractivity contribution in [2.45, 2.75) is 9.79 Å². The van der Waals surface area contributed by atoms with E-state index < -0.39 is 31.4 Å². The van der Waals surface area contributed by atoms with Crippen molar-refractivity contribution in [2.24, 2.45) is 0 Å². The number of nitrogens with one attached hydrogen (secondary N) is 1. The average Bonchev–Trinajstić information content (AvgIpc) is 2.94. The Morgan fingerprint density at radius 2 is 1.56 bits per heavy atom. The van der Waals surface area contributed by atoms with Crippen LogP contribution in [-0.4, -0.2) is 36.0 Å². The van der Waals surface area contributed by atoms with Crippen LogP contribution in [0.4, 0.5) is 10.1 Å². The maximum absolute atomic E-state index is 13.5. The van der Waals surface area contributed by atoms with Crippen molar-refractivity contribution in [3.05, 3.63) is 124 Å². The average molecular weight is 586 g/mol. The van der Waals surface area contributed by atoms with Gasteiger partial charge in [-0.2, -0.15) is 12.8 Å². The number of nitro benzene ring substituents is 1. The molecule has 1 amide bonds. The number of nitro groups is 1. The molecule has 0 saturated heterocycles. The molecule has 12 heteroatoms. The van der Waals surface area contributed by atoms with E-state index in [1.165, 1.54) is 48.2 Å². The lowest BCUT2D eigenvalue weighted by molar-refractivity contribution is -0.385. The summed E-state index contributed by atoms with van der Waals surface area (Å²) in [5.41, 5.74) is 3.73. The molecule has 200 valence electrons. The predicted octanol–water partition coefficient (Wildman–Crippen LogP) is 6.18. The zero-order valence-electron chi connectivity index (χ0n) is 20.2. The van der Waals surface area contributed by atoms with Gasteiger partial charge in [-0.15, -0.1) is 11.8 Å². The molecule has 0 saturated carbocycles. The molecule has 8 nitrogen and oxygen atoms in total. The van der Waals surface area contributed by atoms with Crippen molar-refractivity contribution in [2.75, 3.05) is 12.3 Å². The summed E-state index contributed by atoms with van der Waals surface area (Å²) in [4.78, 5) is 24.5. The number of nitrogens with zero attached hydrogens (tertiary/aromatic N) is 2. The molecule has 4 rings (SSSR count). The second-order valence-electron chi connectivity index (χ2n) is 8.12. The SMILES string of the molecule is O=C(c1ccc(-c2ccc(F)cc2)cc1)N(NCCSc1ccc(Cl)cc1)S(=O)(=O)c1cccc([N+](=O)[O-])c1. The number of halogens is 2. The highest BCUT2D eigenvalue weighted by atomic mass is 35.5. The Kier molecular flexibility index (Phi) is 8.97. The van der Waals surface area contributed by atoms with Crippen molar-refractivity contribution < 1.29 is 22.5 Å². The van der Waals surface area contributed by atoms with E-state index in [9.17, 15) is 27.7 Å². The molecule has 1 N–H and O–H groups in total. The van der Waals surface area contributed by atoms with Crippen molar-refractivity contribution in [3.63, 3.8) is 0 Å². The smallest absolute Gasteiger partial charge is 0.266 e. The molecule has 0 heterocycles. The Hall–Kier alpha value is -3.77. The Morgan fingerprint density at radius 3 is 2.18 bits per heavy atom. The van der Waals surface area contributed by atoms with Gasteiger partial charge in [0.25, 0.3) is 21.6 Å². The van der Waals surface area contributed by atoms with Crippen LogP contribution in [0.15, 0.2) is 107 Å². The van der Waals surface area contributed by atoms with Gasteiger partial charge in [-0.05, 0) is 65.7 Å². The van der Waals surface area contributed by atoms with E-state index in [0.29, 0.717) is 26.3 Å². The number of hydrogen-bond acceptors (Lipinski definition) is 7. The largest absolute Gasteiger partial charge is 0.282 e. The predicted molar refractivity (Wildman–Crippen MR) is 148 cm³/mol. The molecular weight excluding hydrogens is 565 g/mol. The first-order chi connectivity index (χ1) is 18.6. The van der Waals surface area contributed by atoms with Crippen molar-refractivity contribution >= 4 is 45.0 Å². The molecule has 0 fully saturated rings. The van der Waals surface area contributed by atoms with Crippen LogP contribution in [0.25, 0.3) is 11.1 Å². The van der Waals surface area contributed by atoms with Crippen LogP contribution >= 0.6 is 23.4 Å². The van der Waals surface area contributed by atoms with E-state index in [4.69, 9.17) is 11.6 Å². The molecule has 0 aliphatic rings. The normalized spacial score (nSPS) is 11.2. The summed E-state index contributed by atoms with van der Waals surface area (Å²) in [6, 6.07) is 23.5. The van der Waals surface area contributed by atoms with Gasteiger partial charge in [-0.3, -0.25) is 14.9 Å². The van der Waals surface area contributed by atoms with E-state index in [1.54, 1.807) is 36.4 Å². The lowest BCUT2D eigenvalue weighted by atomic mass is 10.0. The number of rotatable bonds is 10.